The average molecular weight is 280 g/mol. The minimum Gasteiger partial charge on any atom is -0.0654 e. The Hall–Kier alpha value is -1.30. The first-order valence-electron chi connectivity index (χ1n) is 8.84. The average Bonchev–Trinajstić information content (AvgIpc) is 2.55. The van der Waals surface area contributed by atoms with Gasteiger partial charge in [0.25, 0.3) is 0 Å². The lowest BCUT2D eigenvalue weighted by Gasteiger charge is -2.39. The standard InChI is InChI=1S/C21H28/c1-2-3-7-15-21(16-8-4-9-17-21)20-14-10-12-18-11-5-6-13-19(18)20/h5-6,10-14H,2-4,7-9,15-17H2,1H3. The lowest BCUT2D eigenvalue weighted by atomic mass is 9.65. The second-order valence-corrected chi connectivity index (χ2v) is 6.82. The Balaban J connectivity index is 2.01. The molecule has 3 rings (SSSR count). The van der Waals surface area contributed by atoms with Gasteiger partial charge in [-0.15, -0.1) is 0 Å². The Labute approximate surface area is 129 Å². The fourth-order valence-corrected chi connectivity index (χ4v) is 4.28. The third-order valence-electron chi connectivity index (χ3n) is 5.43. The summed E-state index contributed by atoms with van der Waals surface area (Å²) in [5, 5.41) is 2.91. The molecule has 1 aliphatic carbocycles. The maximum Gasteiger partial charge on any atom is -0.00408 e. The van der Waals surface area contributed by atoms with Crippen LogP contribution >= 0.6 is 0 Å². The fraction of sp³-hybridized carbons (Fsp3) is 0.524. The Morgan fingerprint density at radius 3 is 2.43 bits per heavy atom. The molecule has 112 valence electrons. The Morgan fingerprint density at radius 1 is 0.857 bits per heavy atom. The monoisotopic (exact) mass is 280 g/mol. The number of rotatable bonds is 5. The lowest BCUT2D eigenvalue weighted by molar-refractivity contribution is 0.268. The number of hydrogen-bond acceptors (Lipinski definition) is 0. The molecule has 0 saturated heterocycles. The summed E-state index contributed by atoms with van der Waals surface area (Å²) in [6.07, 6.45) is 12.5. The van der Waals surface area contributed by atoms with Crippen LogP contribution in [-0.4, -0.2) is 0 Å². The zero-order valence-electron chi connectivity index (χ0n) is 13.4. The molecule has 21 heavy (non-hydrogen) atoms. The number of unbranched alkanes of at least 4 members (excludes halogenated alkanes) is 2. The van der Waals surface area contributed by atoms with Crippen LogP contribution in [0.15, 0.2) is 42.5 Å². The second kappa shape index (κ2) is 6.64. The van der Waals surface area contributed by atoms with E-state index < -0.39 is 0 Å². The Morgan fingerprint density at radius 2 is 1.62 bits per heavy atom. The van der Waals surface area contributed by atoms with Gasteiger partial charge in [-0.3, -0.25) is 0 Å². The molecule has 0 heteroatoms. The first-order valence-corrected chi connectivity index (χ1v) is 8.84. The molecule has 0 atom stereocenters. The summed E-state index contributed by atoms with van der Waals surface area (Å²) in [5.74, 6) is 0. The van der Waals surface area contributed by atoms with Gasteiger partial charge in [0, 0.05) is 0 Å². The molecule has 0 nitrogen and oxygen atoms in total. The molecule has 0 spiro atoms. The van der Waals surface area contributed by atoms with Gasteiger partial charge < -0.3 is 0 Å². The molecule has 0 radical (unpaired) electrons. The van der Waals surface area contributed by atoms with Crippen LogP contribution in [0.2, 0.25) is 0 Å². The van der Waals surface area contributed by atoms with Gasteiger partial charge in [0.2, 0.25) is 0 Å². The molecule has 2 aromatic rings. The summed E-state index contributed by atoms with van der Waals surface area (Å²) in [6, 6.07) is 15.9. The van der Waals surface area contributed by atoms with Gasteiger partial charge in [-0.25, -0.2) is 0 Å². The van der Waals surface area contributed by atoms with Crippen LogP contribution in [0.25, 0.3) is 10.8 Å². The van der Waals surface area contributed by atoms with Gasteiger partial charge in [0.1, 0.15) is 0 Å². The zero-order valence-corrected chi connectivity index (χ0v) is 13.4. The zero-order chi connectivity index (χ0) is 14.5. The fourth-order valence-electron chi connectivity index (χ4n) is 4.28. The summed E-state index contributed by atoms with van der Waals surface area (Å²) in [7, 11) is 0. The van der Waals surface area contributed by atoms with Crippen LogP contribution in [0.3, 0.4) is 0 Å². The quantitative estimate of drug-likeness (QED) is 0.540. The van der Waals surface area contributed by atoms with Crippen molar-refractivity contribution < 1.29 is 0 Å². The van der Waals surface area contributed by atoms with Crippen molar-refractivity contribution in [2.75, 3.05) is 0 Å². The summed E-state index contributed by atoms with van der Waals surface area (Å²) in [5.41, 5.74) is 2.09. The highest BCUT2D eigenvalue weighted by molar-refractivity contribution is 5.86. The molecule has 0 aromatic heterocycles. The van der Waals surface area contributed by atoms with Crippen molar-refractivity contribution in [1.29, 1.82) is 0 Å². The maximum atomic E-state index is 2.42. The predicted octanol–water partition coefficient (Wildman–Crippen LogP) is 6.62. The SMILES string of the molecule is CCCCCC1(c2cccc3ccccc23)CCCCC1. The molecule has 2 aromatic carbocycles. The summed E-state index contributed by atoms with van der Waals surface area (Å²) in [4.78, 5) is 0. The van der Waals surface area contributed by atoms with E-state index in [9.17, 15) is 0 Å². The summed E-state index contributed by atoms with van der Waals surface area (Å²) >= 11 is 0. The molecule has 0 aliphatic heterocycles. The molecule has 0 amide bonds. The van der Waals surface area contributed by atoms with E-state index in [1.807, 2.05) is 0 Å². The first kappa shape index (κ1) is 14.6. The van der Waals surface area contributed by atoms with E-state index in [1.165, 1.54) is 68.6 Å². The van der Waals surface area contributed by atoms with Crippen molar-refractivity contribution in [2.24, 2.45) is 0 Å². The minimum atomic E-state index is 0.453. The van der Waals surface area contributed by atoms with Crippen LogP contribution in [-0.2, 0) is 5.41 Å². The van der Waals surface area contributed by atoms with Crippen molar-refractivity contribution in [3.63, 3.8) is 0 Å². The third-order valence-corrected chi connectivity index (χ3v) is 5.43. The van der Waals surface area contributed by atoms with E-state index >= 15 is 0 Å². The van der Waals surface area contributed by atoms with Crippen LogP contribution < -0.4 is 0 Å². The van der Waals surface area contributed by atoms with E-state index in [4.69, 9.17) is 0 Å². The van der Waals surface area contributed by atoms with E-state index in [-0.39, 0.29) is 0 Å². The molecule has 0 heterocycles. The molecule has 1 aliphatic rings. The van der Waals surface area contributed by atoms with Crippen molar-refractivity contribution >= 4 is 10.8 Å². The van der Waals surface area contributed by atoms with Gasteiger partial charge in [0.05, 0.1) is 0 Å². The van der Waals surface area contributed by atoms with Gasteiger partial charge in [-0.05, 0) is 41.0 Å². The van der Waals surface area contributed by atoms with Crippen molar-refractivity contribution in [3.05, 3.63) is 48.0 Å². The number of hydrogen-bond donors (Lipinski definition) is 0. The number of fused-ring (bicyclic) bond motifs is 1. The summed E-state index contributed by atoms with van der Waals surface area (Å²) in [6.45, 7) is 2.31. The van der Waals surface area contributed by atoms with Crippen LogP contribution in [0.1, 0.15) is 70.3 Å². The largest absolute Gasteiger partial charge is 0.0654 e. The molecular weight excluding hydrogens is 252 g/mol. The van der Waals surface area contributed by atoms with Gasteiger partial charge in [0.15, 0.2) is 0 Å². The first-order chi connectivity index (χ1) is 10.4. The Bertz CT molecular complexity index is 570. The van der Waals surface area contributed by atoms with E-state index in [2.05, 4.69) is 49.4 Å². The van der Waals surface area contributed by atoms with Crippen LogP contribution in [0.5, 0.6) is 0 Å². The van der Waals surface area contributed by atoms with E-state index in [0.29, 0.717) is 5.41 Å². The topological polar surface area (TPSA) is 0 Å². The molecule has 1 fully saturated rings. The van der Waals surface area contributed by atoms with Crippen molar-refractivity contribution in [2.45, 2.75) is 70.1 Å². The lowest BCUT2D eigenvalue weighted by Crippen LogP contribution is -2.29. The highest BCUT2D eigenvalue weighted by Gasteiger charge is 2.34. The van der Waals surface area contributed by atoms with Crippen LogP contribution in [0, 0.1) is 0 Å². The molecule has 0 N–H and O–H groups in total. The normalized spacial score (nSPS) is 18.0. The predicted molar refractivity (Wildman–Crippen MR) is 92.9 cm³/mol. The van der Waals surface area contributed by atoms with Crippen LogP contribution in [0.4, 0.5) is 0 Å². The van der Waals surface area contributed by atoms with Crippen molar-refractivity contribution in [1.82, 2.24) is 0 Å². The second-order valence-electron chi connectivity index (χ2n) is 6.82. The third kappa shape index (κ3) is 3.00. The van der Waals surface area contributed by atoms with Gasteiger partial charge >= 0.3 is 0 Å². The molecule has 1 saturated carbocycles. The molecular formula is C21H28. The number of benzene rings is 2. The van der Waals surface area contributed by atoms with Gasteiger partial charge in [-0.1, -0.05) is 87.9 Å². The summed E-state index contributed by atoms with van der Waals surface area (Å²) < 4.78 is 0. The maximum absolute atomic E-state index is 2.42. The minimum absolute atomic E-state index is 0.453. The van der Waals surface area contributed by atoms with Crippen molar-refractivity contribution in [3.8, 4) is 0 Å². The Kier molecular flexibility index (Phi) is 4.63. The highest BCUT2D eigenvalue weighted by Crippen LogP contribution is 2.45. The smallest absolute Gasteiger partial charge is 0.00408 e. The molecule has 0 unspecified atom stereocenters. The molecule has 0 bridgehead atoms. The highest BCUT2D eigenvalue weighted by atomic mass is 14.4. The van der Waals surface area contributed by atoms with E-state index in [0.717, 1.165) is 0 Å². The van der Waals surface area contributed by atoms with E-state index in [1.54, 1.807) is 5.56 Å². The van der Waals surface area contributed by atoms with Gasteiger partial charge in [-0.2, -0.15) is 0 Å².